The third-order valence-electron chi connectivity index (χ3n) is 6.50. The number of rotatable bonds is 8. The maximum Gasteiger partial charge on any atom is 0.262 e. The van der Waals surface area contributed by atoms with Gasteiger partial charge in [-0.1, -0.05) is 43.9 Å². The smallest absolute Gasteiger partial charge is 0.262 e. The van der Waals surface area contributed by atoms with Gasteiger partial charge in [0.25, 0.3) is 5.91 Å². The van der Waals surface area contributed by atoms with Crippen LogP contribution in [0.25, 0.3) is 0 Å². The fraction of sp³-hybridized carbons (Fsp3) is 0.462. The van der Waals surface area contributed by atoms with Gasteiger partial charge in [0.1, 0.15) is 5.75 Å². The topological polar surface area (TPSA) is 61.9 Å². The number of carbonyl (C=O) groups is 2. The monoisotopic (exact) mass is 435 g/mol. The van der Waals surface area contributed by atoms with Gasteiger partial charge in [-0.15, -0.1) is 0 Å². The van der Waals surface area contributed by atoms with Crippen molar-refractivity contribution in [2.24, 2.45) is 5.92 Å². The number of hydrogen-bond acceptors (Lipinski definition) is 4. The minimum absolute atomic E-state index is 0.0253. The summed E-state index contributed by atoms with van der Waals surface area (Å²) in [6.45, 7) is 3.21. The molecule has 170 valence electrons. The number of amides is 2. The Kier molecular flexibility index (Phi) is 7.64. The molecule has 2 aliphatic rings. The molecule has 1 aliphatic heterocycles. The van der Waals surface area contributed by atoms with E-state index in [0.29, 0.717) is 18.1 Å². The number of benzene rings is 2. The summed E-state index contributed by atoms with van der Waals surface area (Å²) < 4.78 is 5.48. The van der Waals surface area contributed by atoms with E-state index < -0.39 is 0 Å². The zero-order valence-corrected chi connectivity index (χ0v) is 18.7. The molecular formula is C26H33N3O3. The molecule has 2 fully saturated rings. The third-order valence-corrected chi connectivity index (χ3v) is 6.50. The van der Waals surface area contributed by atoms with Crippen molar-refractivity contribution < 1.29 is 14.3 Å². The van der Waals surface area contributed by atoms with Crippen molar-refractivity contribution in [1.29, 1.82) is 0 Å². The normalized spacial score (nSPS) is 16.8. The van der Waals surface area contributed by atoms with Crippen LogP contribution in [0.4, 0.5) is 11.4 Å². The highest BCUT2D eigenvalue weighted by Crippen LogP contribution is 2.29. The first kappa shape index (κ1) is 22.2. The van der Waals surface area contributed by atoms with E-state index in [-0.39, 0.29) is 12.5 Å². The maximum atomic E-state index is 12.5. The molecule has 2 amide bonds. The van der Waals surface area contributed by atoms with E-state index in [0.717, 1.165) is 49.9 Å². The molecule has 6 heteroatoms. The van der Waals surface area contributed by atoms with E-state index in [9.17, 15) is 9.59 Å². The number of para-hydroxylation sites is 1. The van der Waals surface area contributed by atoms with E-state index in [2.05, 4.69) is 10.2 Å². The lowest BCUT2D eigenvalue weighted by atomic mass is 10.0. The first-order valence-electron chi connectivity index (χ1n) is 11.8. The molecule has 6 nitrogen and oxygen atoms in total. The van der Waals surface area contributed by atoms with Crippen molar-refractivity contribution in [3.8, 4) is 5.75 Å². The van der Waals surface area contributed by atoms with Gasteiger partial charge in [-0.05, 0) is 48.7 Å². The Hall–Kier alpha value is -3.02. The summed E-state index contributed by atoms with van der Waals surface area (Å²) in [5.41, 5.74) is 1.86. The van der Waals surface area contributed by atoms with E-state index >= 15 is 0 Å². The molecule has 0 bridgehead atoms. The van der Waals surface area contributed by atoms with Crippen molar-refractivity contribution in [3.05, 3.63) is 54.6 Å². The number of hydrogen-bond donors (Lipinski definition) is 1. The SMILES string of the molecule is O=C(COc1ccccc1)Nc1ccc(N2CCN(C(=O)CCC3CCCC3)CC2)cc1. The first-order chi connectivity index (χ1) is 15.7. The Balaban J connectivity index is 1.19. The average molecular weight is 436 g/mol. The minimum Gasteiger partial charge on any atom is -0.484 e. The van der Waals surface area contributed by atoms with E-state index in [1.165, 1.54) is 25.7 Å². The molecule has 1 heterocycles. The van der Waals surface area contributed by atoms with Gasteiger partial charge in [0.15, 0.2) is 6.61 Å². The van der Waals surface area contributed by atoms with E-state index in [1.54, 1.807) is 0 Å². The molecule has 1 saturated carbocycles. The molecule has 2 aromatic carbocycles. The maximum absolute atomic E-state index is 12.5. The van der Waals surface area contributed by atoms with Gasteiger partial charge < -0.3 is 19.9 Å². The summed E-state index contributed by atoms with van der Waals surface area (Å²) in [5.74, 6) is 1.57. The van der Waals surface area contributed by atoms with Crippen molar-refractivity contribution >= 4 is 23.2 Å². The molecule has 0 spiro atoms. The lowest BCUT2D eigenvalue weighted by Gasteiger charge is -2.36. The van der Waals surface area contributed by atoms with E-state index in [1.807, 2.05) is 59.5 Å². The van der Waals surface area contributed by atoms with Gasteiger partial charge in [0, 0.05) is 44.0 Å². The minimum atomic E-state index is -0.189. The zero-order valence-electron chi connectivity index (χ0n) is 18.7. The Labute approximate surface area is 190 Å². The fourth-order valence-electron chi connectivity index (χ4n) is 4.62. The highest BCUT2D eigenvalue weighted by Gasteiger charge is 2.23. The van der Waals surface area contributed by atoms with Crippen LogP contribution < -0.4 is 15.0 Å². The van der Waals surface area contributed by atoms with Crippen molar-refractivity contribution in [2.75, 3.05) is 43.0 Å². The van der Waals surface area contributed by atoms with Crippen LogP contribution in [0.2, 0.25) is 0 Å². The van der Waals surface area contributed by atoms with Crippen LogP contribution in [0.1, 0.15) is 38.5 Å². The summed E-state index contributed by atoms with van der Waals surface area (Å²) in [6.07, 6.45) is 7.04. The summed E-state index contributed by atoms with van der Waals surface area (Å²) in [4.78, 5) is 29.0. The van der Waals surface area contributed by atoms with Gasteiger partial charge in [0.05, 0.1) is 0 Å². The molecule has 1 aliphatic carbocycles. The Bertz CT molecular complexity index is 871. The second kappa shape index (κ2) is 11.0. The highest BCUT2D eigenvalue weighted by molar-refractivity contribution is 5.92. The predicted octanol–water partition coefficient (Wildman–Crippen LogP) is 4.32. The predicted molar refractivity (Wildman–Crippen MR) is 127 cm³/mol. The summed E-state index contributed by atoms with van der Waals surface area (Å²) in [6, 6.07) is 17.2. The lowest BCUT2D eigenvalue weighted by Crippen LogP contribution is -2.48. The lowest BCUT2D eigenvalue weighted by molar-refractivity contribution is -0.131. The highest BCUT2D eigenvalue weighted by atomic mass is 16.5. The fourth-order valence-corrected chi connectivity index (χ4v) is 4.62. The molecule has 2 aromatic rings. The molecular weight excluding hydrogens is 402 g/mol. The van der Waals surface area contributed by atoms with Gasteiger partial charge >= 0.3 is 0 Å². The molecule has 0 atom stereocenters. The van der Waals surface area contributed by atoms with Crippen LogP contribution in [0.5, 0.6) is 5.75 Å². The number of nitrogens with zero attached hydrogens (tertiary/aromatic N) is 2. The summed E-state index contributed by atoms with van der Waals surface area (Å²) in [5, 5.41) is 2.87. The Morgan fingerprint density at radius 1 is 0.906 bits per heavy atom. The Morgan fingerprint density at radius 3 is 2.28 bits per heavy atom. The van der Waals surface area contributed by atoms with Crippen molar-refractivity contribution in [2.45, 2.75) is 38.5 Å². The molecule has 1 saturated heterocycles. The van der Waals surface area contributed by atoms with Gasteiger partial charge in [-0.2, -0.15) is 0 Å². The molecule has 32 heavy (non-hydrogen) atoms. The Morgan fingerprint density at radius 2 is 1.59 bits per heavy atom. The van der Waals surface area contributed by atoms with Gasteiger partial charge in [-0.3, -0.25) is 9.59 Å². The molecule has 4 rings (SSSR count). The summed E-state index contributed by atoms with van der Waals surface area (Å²) in [7, 11) is 0. The van der Waals surface area contributed by atoms with Crippen LogP contribution in [-0.2, 0) is 9.59 Å². The number of nitrogens with one attached hydrogen (secondary N) is 1. The van der Waals surface area contributed by atoms with Crippen LogP contribution in [-0.4, -0.2) is 49.5 Å². The first-order valence-corrected chi connectivity index (χ1v) is 11.8. The van der Waals surface area contributed by atoms with Crippen molar-refractivity contribution in [3.63, 3.8) is 0 Å². The number of ether oxygens (including phenoxy) is 1. The number of piperazine rings is 1. The van der Waals surface area contributed by atoms with Crippen LogP contribution in [0.3, 0.4) is 0 Å². The molecule has 0 radical (unpaired) electrons. The molecule has 1 N–H and O–H groups in total. The zero-order chi connectivity index (χ0) is 22.2. The molecule has 0 unspecified atom stereocenters. The quantitative estimate of drug-likeness (QED) is 0.671. The van der Waals surface area contributed by atoms with Gasteiger partial charge in [-0.25, -0.2) is 0 Å². The molecule has 0 aromatic heterocycles. The average Bonchev–Trinajstić information content (AvgIpc) is 3.36. The van der Waals surface area contributed by atoms with Crippen LogP contribution in [0.15, 0.2) is 54.6 Å². The number of anilines is 2. The standard InChI is InChI=1S/C26H33N3O3/c30-25(20-32-24-8-2-1-3-9-24)27-22-11-13-23(14-12-22)28-16-18-29(19-17-28)26(31)15-10-21-6-4-5-7-21/h1-3,8-9,11-14,21H,4-7,10,15-20H2,(H,27,30). The van der Waals surface area contributed by atoms with Crippen molar-refractivity contribution in [1.82, 2.24) is 4.90 Å². The second-order valence-electron chi connectivity index (χ2n) is 8.75. The second-order valence-corrected chi connectivity index (χ2v) is 8.75. The number of carbonyl (C=O) groups excluding carboxylic acids is 2. The third kappa shape index (κ3) is 6.25. The largest absolute Gasteiger partial charge is 0.484 e. The van der Waals surface area contributed by atoms with Crippen LogP contribution in [0, 0.1) is 5.92 Å². The van der Waals surface area contributed by atoms with Gasteiger partial charge in [0.2, 0.25) is 5.91 Å². The summed E-state index contributed by atoms with van der Waals surface area (Å²) >= 11 is 0. The van der Waals surface area contributed by atoms with Crippen LogP contribution >= 0.6 is 0 Å². The van der Waals surface area contributed by atoms with E-state index in [4.69, 9.17) is 4.74 Å².